The zero-order chi connectivity index (χ0) is 10.7. The number of nitrogens with two attached hydrogens (primary N) is 1. The summed E-state index contributed by atoms with van der Waals surface area (Å²) in [6, 6.07) is 0. The van der Waals surface area contributed by atoms with Crippen LogP contribution in [0.5, 0.6) is 0 Å². The highest BCUT2D eigenvalue weighted by Crippen LogP contribution is 2.15. The molecule has 2 N–H and O–H groups in total. The van der Waals surface area contributed by atoms with E-state index < -0.39 is 0 Å². The van der Waals surface area contributed by atoms with Gasteiger partial charge in [0, 0.05) is 6.54 Å². The Kier molecular flexibility index (Phi) is 3.55. The van der Waals surface area contributed by atoms with Crippen molar-refractivity contribution in [3.8, 4) is 0 Å². The fourth-order valence-corrected chi connectivity index (χ4v) is 1.82. The number of nitrogen functional groups attached to an aromatic ring is 1. The third-order valence-corrected chi connectivity index (χ3v) is 2.50. The molecule has 80 valence electrons. The lowest BCUT2D eigenvalue weighted by Gasteiger charge is -2.14. The summed E-state index contributed by atoms with van der Waals surface area (Å²) in [7, 11) is 0. The molecule has 1 aromatic rings. The molecule has 0 aliphatic heterocycles. The number of aromatic nitrogens is 2. The predicted octanol–water partition coefficient (Wildman–Crippen LogP) is 2.46. The minimum atomic E-state index is 0.660. The minimum Gasteiger partial charge on any atom is -0.396 e. The summed E-state index contributed by atoms with van der Waals surface area (Å²) in [4.78, 5) is 0. The Bertz CT molecular complexity index is 289. The van der Waals surface area contributed by atoms with Crippen LogP contribution in [-0.4, -0.2) is 9.78 Å². The minimum absolute atomic E-state index is 0.660. The molecule has 3 heteroatoms. The Morgan fingerprint density at radius 1 is 1.43 bits per heavy atom. The summed E-state index contributed by atoms with van der Waals surface area (Å²) in [5, 5.41) is 4.25. The first-order valence-electron chi connectivity index (χ1n) is 5.28. The van der Waals surface area contributed by atoms with Crippen molar-refractivity contribution in [2.24, 2.45) is 11.8 Å². The number of hydrogen-bond donors (Lipinski definition) is 1. The molecule has 0 fully saturated rings. The van der Waals surface area contributed by atoms with Gasteiger partial charge in [-0.3, -0.25) is 4.68 Å². The average Bonchev–Trinajstić information content (AvgIpc) is 2.34. The van der Waals surface area contributed by atoms with Crippen LogP contribution in [0, 0.1) is 18.8 Å². The van der Waals surface area contributed by atoms with E-state index in [2.05, 4.69) is 25.9 Å². The molecule has 0 aliphatic carbocycles. The van der Waals surface area contributed by atoms with Crippen molar-refractivity contribution < 1.29 is 0 Å². The Balaban J connectivity index is 2.56. The Labute approximate surface area is 86.3 Å². The standard InChI is InChI=1S/C11H21N3/c1-8(2)5-9(3)7-14-10(4)11(12)6-13-14/h6,8-9H,5,7,12H2,1-4H3. The van der Waals surface area contributed by atoms with Gasteiger partial charge in [-0.05, 0) is 25.2 Å². The maximum atomic E-state index is 5.73. The second-order valence-corrected chi connectivity index (χ2v) is 4.60. The van der Waals surface area contributed by atoms with Crippen LogP contribution in [0.15, 0.2) is 6.20 Å². The van der Waals surface area contributed by atoms with Crippen molar-refractivity contribution in [1.82, 2.24) is 9.78 Å². The maximum Gasteiger partial charge on any atom is 0.0730 e. The van der Waals surface area contributed by atoms with Crippen molar-refractivity contribution >= 4 is 5.69 Å². The van der Waals surface area contributed by atoms with E-state index in [4.69, 9.17) is 5.73 Å². The third kappa shape index (κ3) is 2.76. The molecule has 0 aromatic carbocycles. The van der Waals surface area contributed by atoms with E-state index in [1.54, 1.807) is 6.20 Å². The van der Waals surface area contributed by atoms with Crippen LogP contribution in [0.1, 0.15) is 32.9 Å². The van der Waals surface area contributed by atoms with Gasteiger partial charge in [-0.2, -0.15) is 5.10 Å². The van der Waals surface area contributed by atoms with Gasteiger partial charge in [0.25, 0.3) is 0 Å². The average molecular weight is 195 g/mol. The summed E-state index contributed by atoms with van der Waals surface area (Å²) < 4.78 is 2.00. The zero-order valence-corrected chi connectivity index (χ0v) is 9.62. The van der Waals surface area contributed by atoms with Crippen molar-refractivity contribution in [1.29, 1.82) is 0 Å². The van der Waals surface area contributed by atoms with Crippen LogP contribution in [-0.2, 0) is 6.54 Å². The van der Waals surface area contributed by atoms with Gasteiger partial charge in [-0.25, -0.2) is 0 Å². The van der Waals surface area contributed by atoms with E-state index in [0.29, 0.717) is 5.92 Å². The lowest BCUT2D eigenvalue weighted by atomic mass is 9.99. The number of hydrogen-bond acceptors (Lipinski definition) is 2. The monoisotopic (exact) mass is 195 g/mol. The van der Waals surface area contributed by atoms with Crippen molar-refractivity contribution in [3.63, 3.8) is 0 Å². The van der Waals surface area contributed by atoms with Gasteiger partial charge < -0.3 is 5.73 Å². The Hall–Kier alpha value is -0.990. The van der Waals surface area contributed by atoms with Crippen molar-refractivity contribution in [2.45, 2.75) is 40.7 Å². The van der Waals surface area contributed by atoms with Crippen LogP contribution in [0.25, 0.3) is 0 Å². The number of nitrogens with zero attached hydrogens (tertiary/aromatic N) is 2. The molecule has 1 rings (SSSR count). The second-order valence-electron chi connectivity index (χ2n) is 4.60. The van der Waals surface area contributed by atoms with Gasteiger partial charge >= 0.3 is 0 Å². The lowest BCUT2D eigenvalue weighted by molar-refractivity contribution is 0.370. The van der Waals surface area contributed by atoms with Gasteiger partial charge in [0.15, 0.2) is 0 Å². The molecule has 0 radical (unpaired) electrons. The van der Waals surface area contributed by atoms with Crippen LogP contribution < -0.4 is 5.73 Å². The summed E-state index contributed by atoms with van der Waals surface area (Å²) in [6.45, 7) is 9.75. The fourth-order valence-electron chi connectivity index (χ4n) is 1.82. The molecule has 1 aromatic heterocycles. The van der Waals surface area contributed by atoms with Gasteiger partial charge in [0.05, 0.1) is 17.6 Å². The SMILES string of the molecule is Cc1c(N)cnn1CC(C)CC(C)C. The van der Waals surface area contributed by atoms with Gasteiger partial charge in [-0.15, -0.1) is 0 Å². The summed E-state index contributed by atoms with van der Waals surface area (Å²) >= 11 is 0. The first-order valence-corrected chi connectivity index (χ1v) is 5.28. The maximum absolute atomic E-state index is 5.73. The van der Waals surface area contributed by atoms with Crippen molar-refractivity contribution in [3.05, 3.63) is 11.9 Å². The molecule has 0 spiro atoms. The fraction of sp³-hybridized carbons (Fsp3) is 0.727. The molecule has 0 bridgehead atoms. The summed E-state index contributed by atoms with van der Waals surface area (Å²) in [5.74, 6) is 1.41. The third-order valence-electron chi connectivity index (χ3n) is 2.50. The quantitative estimate of drug-likeness (QED) is 0.802. The summed E-state index contributed by atoms with van der Waals surface area (Å²) in [6.07, 6.45) is 2.97. The normalized spacial score (nSPS) is 13.5. The van der Waals surface area contributed by atoms with Crippen LogP contribution in [0.4, 0.5) is 5.69 Å². The van der Waals surface area contributed by atoms with Crippen molar-refractivity contribution in [2.75, 3.05) is 5.73 Å². The van der Waals surface area contributed by atoms with Gasteiger partial charge in [0.1, 0.15) is 0 Å². The highest BCUT2D eigenvalue weighted by Gasteiger charge is 2.09. The molecule has 14 heavy (non-hydrogen) atoms. The summed E-state index contributed by atoms with van der Waals surface area (Å²) in [5.41, 5.74) is 7.61. The highest BCUT2D eigenvalue weighted by atomic mass is 15.3. The smallest absolute Gasteiger partial charge is 0.0730 e. The molecule has 1 unspecified atom stereocenters. The molecule has 0 saturated carbocycles. The van der Waals surface area contributed by atoms with E-state index >= 15 is 0 Å². The molecule has 0 aliphatic rings. The van der Waals surface area contributed by atoms with Crippen LogP contribution in [0.3, 0.4) is 0 Å². The van der Waals surface area contributed by atoms with Gasteiger partial charge in [0.2, 0.25) is 0 Å². The Morgan fingerprint density at radius 3 is 2.50 bits per heavy atom. The Morgan fingerprint density at radius 2 is 2.07 bits per heavy atom. The first kappa shape index (κ1) is 11.1. The predicted molar refractivity (Wildman–Crippen MR) is 60.0 cm³/mol. The van der Waals surface area contributed by atoms with Crippen LogP contribution in [0.2, 0.25) is 0 Å². The largest absolute Gasteiger partial charge is 0.396 e. The number of rotatable bonds is 4. The highest BCUT2D eigenvalue weighted by molar-refractivity contribution is 5.39. The van der Waals surface area contributed by atoms with E-state index in [-0.39, 0.29) is 0 Å². The molecule has 0 saturated heterocycles. The van der Waals surface area contributed by atoms with E-state index in [0.717, 1.165) is 23.8 Å². The first-order chi connectivity index (χ1) is 6.50. The lowest BCUT2D eigenvalue weighted by Crippen LogP contribution is -2.12. The van der Waals surface area contributed by atoms with Crippen LogP contribution >= 0.6 is 0 Å². The van der Waals surface area contributed by atoms with Gasteiger partial charge in [-0.1, -0.05) is 20.8 Å². The molecule has 3 nitrogen and oxygen atoms in total. The number of anilines is 1. The van der Waals surface area contributed by atoms with E-state index in [1.807, 2.05) is 11.6 Å². The van der Waals surface area contributed by atoms with E-state index in [1.165, 1.54) is 6.42 Å². The molecule has 1 atom stereocenters. The topological polar surface area (TPSA) is 43.8 Å². The molecule has 0 amide bonds. The zero-order valence-electron chi connectivity index (χ0n) is 9.62. The molecular weight excluding hydrogens is 174 g/mol. The van der Waals surface area contributed by atoms with E-state index in [9.17, 15) is 0 Å². The molecule has 1 heterocycles. The molecular formula is C11H21N3. The second kappa shape index (κ2) is 4.49.